The van der Waals surface area contributed by atoms with Gasteiger partial charge in [-0.3, -0.25) is 4.79 Å². The molecule has 0 atom stereocenters. The standard InChI is InChI=1S/C20H24N2O4S/c1-12(2)10-16-18(19(24)25-3)22-20(27-16)21-17(23)7-5-13-4-6-15-14(11-13)8-9-26-15/h4,6,11-12H,5,7-10H2,1-3H3,(H,21,22,23). The van der Waals surface area contributed by atoms with Gasteiger partial charge in [-0.15, -0.1) is 11.3 Å². The van der Waals surface area contributed by atoms with Crippen molar-refractivity contribution >= 4 is 28.3 Å². The molecule has 27 heavy (non-hydrogen) atoms. The summed E-state index contributed by atoms with van der Waals surface area (Å²) in [7, 11) is 1.33. The van der Waals surface area contributed by atoms with Crippen LogP contribution in [0.3, 0.4) is 0 Å². The van der Waals surface area contributed by atoms with Gasteiger partial charge in [0, 0.05) is 17.7 Å². The number of nitrogens with one attached hydrogen (secondary N) is 1. The first-order valence-electron chi connectivity index (χ1n) is 9.08. The number of hydrogen-bond donors (Lipinski definition) is 1. The first-order chi connectivity index (χ1) is 13.0. The van der Waals surface area contributed by atoms with Crippen LogP contribution < -0.4 is 10.1 Å². The molecule has 0 saturated carbocycles. The van der Waals surface area contributed by atoms with Crippen molar-refractivity contribution in [1.82, 2.24) is 4.98 Å². The Kier molecular flexibility index (Phi) is 6.11. The quantitative estimate of drug-likeness (QED) is 0.733. The average molecular weight is 388 g/mol. The van der Waals surface area contributed by atoms with Gasteiger partial charge in [-0.25, -0.2) is 9.78 Å². The molecule has 1 aliphatic heterocycles. The highest BCUT2D eigenvalue weighted by Gasteiger charge is 2.20. The Balaban J connectivity index is 1.61. The van der Waals surface area contributed by atoms with E-state index < -0.39 is 5.97 Å². The Morgan fingerprint density at radius 1 is 1.37 bits per heavy atom. The number of rotatable bonds is 7. The molecule has 2 aromatic rings. The molecule has 144 valence electrons. The molecule has 1 aromatic heterocycles. The molecule has 0 bridgehead atoms. The molecule has 1 N–H and O–H groups in total. The van der Waals surface area contributed by atoms with Gasteiger partial charge in [-0.1, -0.05) is 26.0 Å². The van der Waals surface area contributed by atoms with E-state index in [0.717, 1.165) is 35.6 Å². The number of esters is 1. The molecule has 0 radical (unpaired) electrons. The van der Waals surface area contributed by atoms with Gasteiger partial charge in [0.1, 0.15) is 5.75 Å². The summed E-state index contributed by atoms with van der Waals surface area (Å²) in [4.78, 5) is 29.3. The van der Waals surface area contributed by atoms with Crippen LogP contribution in [0.15, 0.2) is 18.2 Å². The Hall–Kier alpha value is -2.41. The van der Waals surface area contributed by atoms with Crippen molar-refractivity contribution in [3.63, 3.8) is 0 Å². The smallest absolute Gasteiger partial charge is 0.357 e. The van der Waals surface area contributed by atoms with E-state index in [9.17, 15) is 9.59 Å². The number of thiazole rings is 1. The van der Waals surface area contributed by atoms with E-state index in [-0.39, 0.29) is 5.91 Å². The number of carbonyl (C=O) groups is 2. The van der Waals surface area contributed by atoms with Gasteiger partial charge >= 0.3 is 5.97 Å². The molecular weight excluding hydrogens is 364 g/mol. The van der Waals surface area contributed by atoms with Crippen molar-refractivity contribution in [3.8, 4) is 5.75 Å². The Morgan fingerprint density at radius 2 is 2.19 bits per heavy atom. The predicted molar refractivity (Wildman–Crippen MR) is 105 cm³/mol. The predicted octanol–water partition coefficient (Wildman–Crippen LogP) is 3.63. The number of fused-ring (bicyclic) bond motifs is 1. The Bertz CT molecular complexity index is 845. The van der Waals surface area contributed by atoms with Crippen LogP contribution in [0.25, 0.3) is 0 Å². The second-order valence-electron chi connectivity index (χ2n) is 6.97. The zero-order valence-electron chi connectivity index (χ0n) is 15.8. The van der Waals surface area contributed by atoms with E-state index in [1.54, 1.807) is 0 Å². The fraction of sp³-hybridized carbons (Fsp3) is 0.450. The average Bonchev–Trinajstić information content (AvgIpc) is 3.25. The summed E-state index contributed by atoms with van der Waals surface area (Å²) < 4.78 is 10.3. The normalized spacial score (nSPS) is 12.6. The summed E-state index contributed by atoms with van der Waals surface area (Å²) in [6, 6.07) is 6.07. The maximum Gasteiger partial charge on any atom is 0.357 e. The molecule has 0 spiro atoms. The van der Waals surface area contributed by atoms with E-state index in [1.807, 2.05) is 12.1 Å². The monoisotopic (exact) mass is 388 g/mol. The zero-order valence-corrected chi connectivity index (χ0v) is 16.6. The van der Waals surface area contributed by atoms with Gasteiger partial charge < -0.3 is 14.8 Å². The van der Waals surface area contributed by atoms with E-state index in [2.05, 4.69) is 30.2 Å². The minimum atomic E-state index is -0.470. The van der Waals surface area contributed by atoms with Crippen molar-refractivity contribution < 1.29 is 19.1 Å². The van der Waals surface area contributed by atoms with E-state index in [0.29, 0.717) is 29.6 Å². The SMILES string of the molecule is COC(=O)c1nc(NC(=O)CCc2ccc3c(c2)CCO3)sc1CC(C)C. The first kappa shape index (κ1) is 19.4. The third-order valence-electron chi connectivity index (χ3n) is 4.31. The highest BCUT2D eigenvalue weighted by Crippen LogP contribution is 2.28. The Morgan fingerprint density at radius 3 is 2.93 bits per heavy atom. The van der Waals surface area contributed by atoms with Crippen molar-refractivity contribution in [2.75, 3.05) is 19.0 Å². The number of nitrogens with zero attached hydrogens (tertiary/aromatic N) is 1. The molecule has 2 heterocycles. The molecule has 0 fully saturated rings. The fourth-order valence-electron chi connectivity index (χ4n) is 3.01. The molecule has 6 nitrogen and oxygen atoms in total. The van der Waals surface area contributed by atoms with Crippen molar-refractivity contribution in [2.45, 2.75) is 39.5 Å². The number of hydrogen-bond acceptors (Lipinski definition) is 6. The van der Waals surface area contributed by atoms with E-state index in [1.165, 1.54) is 24.0 Å². The molecule has 1 amide bonds. The number of amides is 1. The lowest BCUT2D eigenvalue weighted by Gasteiger charge is -2.04. The maximum absolute atomic E-state index is 12.3. The number of aryl methyl sites for hydroxylation is 1. The van der Waals surface area contributed by atoms with Crippen molar-refractivity contribution in [1.29, 1.82) is 0 Å². The van der Waals surface area contributed by atoms with Crippen molar-refractivity contribution in [2.24, 2.45) is 5.92 Å². The molecule has 0 saturated heterocycles. The topological polar surface area (TPSA) is 77.5 Å². The van der Waals surface area contributed by atoms with Gasteiger partial charge in [0.2, 0.25) is 5.91 Å². The highest BCUT2D eigenvalue weighted by molar-refractivity contribution is 7.16. The number of benzene rings is 1. The summed E-state index contributed by atoms with van der Waals surface area (Å²) in [5, 5.41) is 3.26. The van der Waals surface area contributed by atoms with Gasteiger partial charge in [0.25, 0.3) is 0 Å². The van der Waals surface area contributed by atoms with Crippen LogP contribution in [0.4, 0.5) is 5.13 Å². The lowest BCUT2D eigenvalue weighted by atomic mass is 10.0. The fourth-order valence-corrected chi connectivity index (χ4v) is 4.18. The molecule has 0 aliphatic carbocycles. The minimum Gasteiger partial charge on any atom is -0.493 e. The lowest BCUT2D eigenvalue weighted by Crippen LogP contribution is -2.12. The second kappa shape index (κ2) is 8.52. The van der Waals surface area contributed by atoms with Crippen LogP contribution >= 0.6 is 11.3 Å². The highest BCUT2D eigenvalue weighted by atomic mass is 32.1. The number of ether oxygens (including phenoxy) is 2. The van der Waals surface area contributed by atoms with Gasteiger partial charge in [-0.05, 0) is 36.0 Å². The maximum atomic E-state index is 12.3. The van der Waals surface area contributed by atoms with Gasteiger partial charge in [0.15, 0.2) is 10.8 Å². The van der Waals surface area contributed by atoms with Gasteiger partial charge in [-0.2, -0.15) is 0 Å². The van der Waals surface area contributed by atoms with Crippen LogP contribution in [0, 0.1) is 5.92 Å². The number of carbonyl (C=O) groups excluding carboxylic acids is 2. The number of aromatic nitrogens is 1. The lowest BCUT2D eigenvalue weighted by molar-refractivity contribution is -0.116. The largest absolute Gasteiger partial charge is 0.493 e. The Labute approximate surface area is 162 Å². The first-order valence-corrected chi connectivity index (χ1v) is 9.90. The molecular formula is C20H24N2O4S. The van der Waals surface area contributed by atoms with Crippen LogP contribution in [0.2, 0.25) is 0 Å². The number of anilines is 1. The summed E-state index contributed by atoms with van der Waals surface area (Å²) in [6.07, 6.45) is 2.64. The molecule has 0 unspecified atom stereocenters. The van der Waals surface area contributed by atoms with Crippen molar-refractivity contribution in [3.05, 3.63) is 39.9 Å². The van der Waals surface area contributed by atoms with E-state index in [4.69, 9.17) is 9.47 Å². The summed E-state index contributed by atoms with van der Waals surface area (Å²) in [5.74, 6) is 0.732. The van der Waals surface area contributed by atoms with Crippen LogP contribution in [0.1, 0.15) is 46.8 Å². The second-order valence-corrected chi connectivity index (χ2v) is 8.05. The molecule has 1 aromatic carbocycles. The number of methoxy groups -OCH3 is 1. The van der Waals surface area contributed by atoms with E-state index >= 15 is 0 Å². The molecule has 1 aliphatic rings. The van der Waals surface area contributed by atoms with Crippen LogP contribution in [0.5, 0.6) is 5.75 Å². The van der Waals surface area contributed by atoms with Crippen LogP contribution in [-0.2, 0) is 28.8 Å². The minimum absolute atomic E-state index is 0.118. The summed E-state index contributed by atoms with van der Waals surface area (Å²) in [6.45, 7) is 4.87. The third-order valence-corrected chi connectivity index (χ3v) is 5.30. The molecule has 3 rings (SSSR count). The summed E-state index contributed by atoms with van der Waals surface area (Å²) in [5.41, 5.74) is 2.61. The summed E-state index contributed by atoms with van der Waals surface area (Å²) >= 11 is 1.34. The molecule has 7 heteroatoms. The van der Waals surface area contributed by atoms with Gasteiger partial charge in [0.05, 0.1) is 13.7 Å². The third kappa shape index (κ3) is 4.86. The van der Waals surface area contributed by atoms with Crippen LogP contribution in [-0.4, -0.2) is 30.6 Å². The zero-order chi connectivity index (χ0) is 19.4.